The van der Waals surface area contributed by atoms with Crippen LogP contribution in [-0.2, 0) is 14.8 Å². The van der Waals surface area contributed by atoms with E-state index < -0.39 is 20.7 Å². The molecule has 1 fully saturated rings. The van der Waals surface area contributed by atoms with E-state index in [0.717, 1.165) is 25.0 Å². The Morgan fingerprint density at radius 3 is 2.90 bits per heavy atom. The van der Waals surface area contributed by atoms with Crippen molar-refractivity contribution in [1.29, 1.82) is 0 Å². The van der Waals surface area contributed by atoms with E-state index in [1.54, 1.807) is 0 Å². The number of hydrogen-bond donors (Lipinski definition) is 2. The molecule has 1 aromatic rings. The Morgan fingerprint density at radius 2 is 2.24 bits per heavy atom. The average Bonchev–Trinajstić information content (AvgIpc) is 2.88. The van der Waals surface area contributed by atoms with E-state index in [0.29, 0.717) is 11.1 Å². The summed E-state index contributed by atoms with van der Waals surface area (Å²) in [6.07, 6.45) is 1.67. The maximum absolute atomic E-state index is 13.8. The number of benzene rings is 1. The van der Waals surface area contributed by atoms with Crippen molar-refractivity contribution in [3.8, 4) is 0 Å². The molecule has 0 aliphatic carbocycles. The molecule has 0 saturated carbocycles. The highest BCUT2D eigenvalue weighted by Crippen LogP contribution is 2.27. The first kappa shape index (κ1) is 16.7. The second kappa shape index (κ2) is 6.60. The molecule has 0 radical (unpaired) electrons. The molecule has 0 bridgehead atoms. The molecule has 1 heterocycles. The van der Waals surface area contributed by atoms with Gasteiger partial charge in [0.2, 0.25) is 10.0 Å². The van der Waals surface area contributed by atoms with Gasteiger partial charge in [-0.05, 0) is 40.9 Å². The van der Waals surface area contributed by atoms with Crippen LogP contribution in [0.1, 0.15) is 19.8 Å². The Balaban J connectivity index is 2.14. The first-order valence-corrected chi connectivity index (χ1v) is 8.98. The molecule has 118 valence electrons. The van der Waals surface area contributed by atoms with E-state index >= 15 is 0 Å². The minimum atomic E-state index is -3.93. The first-order chi connectivity index (χ1) is 9.85. The van der Waals surface area contributed by atoms with Gasteiger partial charge in [-0.15, -0.1) is 0 Å². The molecular formula is C13H18BrFN2O3S. The van der Waals surface area contributed by atoms with E-state index in [-0.39, 0.29) is 24.3 Å². The van der Waals surface area contributed by atoms with E-state index in [1.165, 1.54) is 0 Å². The molecule has 1 aliphatic heterocycles. The zero-order chi connectivity index (χ0) is 15.6. The molecule has 1 aliphatic rings. The van der Waals surface area contributed by atoms with Gasteiger partial charge in [0, 0.05) is 29.2 Å². The molecule has 1 aromatic carbocycles. The third-order valence-corrected chi connectivity index (χ3v) is 5.75. The lowest BCUT2D eigenvalue weighted by atomic mass is 10.0. The lowest BCUT2D eigenvalue weighted by Crippen LogP contribution is -2.33. The number of halogens is 2. The summed E-state index contributed by atoms with van der Waals surface area (Å²) < 4.78 is 46.5. The van der Waals surface area contributed by atoms with Crippen molar-refractivity contribution < 1.29 is 17.5 Å². The van der Waals surface area contributed by atoms with Gasteiger partial charge >= 0.3 is 0 Å². The summed E-state index contributed by atoms with van der Waals surface area (Å²) >= 11 is 3.06. The first-order valence-electron chi connectivity index (χ1n) is 6.71. The van der Waals surface area contributed by atoms with E-state index in [9.17, 15) is 12.8 Å². The maximum Gasteiger partial charge on any atom is 0.243 e. The number of ether oxygens (including phenoxy) is 1. The normalized spacial score (nSPS) is 22.6. The fourth-order valence-electron chi connectivity index (χ4n) is 2.42. The van der Waals surface area contributed by atoms with Crippen molar-refractivity contribution in [2.45, 2.75) is 30.8 Å². The van der Waals surface area contributed by atoms with E-state index in [1.807, 2.05) is 6.92 Å². The quantitative estimate of drug-likeness (QED) is 0.767. The van der Waals surface area contributed by atoms with Crippen LogP contribution in [0.15, 0.2) is 21.5 Å². The van der Waals surface area contributed by atoms with Gasteiger partial charge in [-0.1, -0.05) is 6.92 Å². The number of hydrogen-bond acceptors (Lipinski definition) is 4. The predicted octanol–water partition coefficient (Wildman–Crippen LogP) is 2.26. The number of rotatable bonds is 5. The summed E-state index contributed by atoms with van der Waals surface area (Å²) in [7, 11) is -3.93. The molecule has 0 spiro atoms. The van der Waals surface area contributed by atoms with Crippen molar-refractivity contribution in [2.75, 3.05) is 18.9 Å². The Bertz CT molecular complexity index is 624. The number of anilines is 1. The monoisotopic (exact) mass is 380 g/mol. The second-order valence-corrected chi connectivity index (χ2v) is 7.61. The molecular weight excluding hydrogens is 363 g/mol. The van der Waals surface area contributed by atoms with Crippen LogP contribution in [0.2, 0.25) is 0 Å². The molecule has 0 aromatic heterocycles. The third kappa shape index (κ3) is 3.74. The zero-order valence-electron chi connectivity index (χ0n) is 11.6. The summed E-state index contributed by atoms with van der Waals surface area (Å²) in [5.74, 6) is -0.723. The average molecular weight is 381 g/mol. The number of sulfonamides is 1. The molecule has 5 nitrogen and oxygen atoms in total. The fraction of sp³-hybridized carbons (Fsp3) is 0.538. The maximum atomic E-state index is 13.8. The Morgan fingerprint density at radius 1 is 1.52 bits per heavy atom. The van der Waals surface area contributed by atoms with Crippen LogP contribution in [0.3, 0.4) is 0 Å². The highest BCUT2D eigenvalue weighted by Gasteiger charge is 2.29. The molecule has 2 atom stereocenters. The van der Waals surface area contributed by atoms with Gasteiger partial charge in [-0.2, -0.15) is 0 Å². The van der Waals surface area contributed by atoms with Crippen LogP contribution in [0.4, 0.5) is 10.1 Å². The van der Waals surface area contributed by atoms with Gasteiger partial charge in [-0.3, -0.25) is 0 Å². The second-order valence-electron chi connectivity index (χ2n) is 5.02. The van der Waals surface area contributed by atoms with Crippen LogP contribution < -0.4 is 10.5 Å². The van der Waals surface area contributed by atoms with Crippen LogP contribution in [0.5, 0.6) is 0 Å². The SMILES string of the molecule is CCC1OCCC1CNS(=O)(=O)c1cc(N)c(Br)cc1F. The van der Waals surface area contributed by atoms with Crippen molar-refractivity contribution in [3.63, 3.8) is 0 Å². The van der Waals surface area contributed by atoms with Crippen molar-refractivity contribution in [1.82, 2.24) is 4.72 Å². The number of nitrogens with two attached hydrogens (primary N) is 1. The lowest BCUT2D eigenvalue weighted by Gasteiger charge is -2.17. The molecule has 0 amide bonds. The minimum absolute atomic E-state index is 0.0486. The minimum Gasteiger partial charge on any atom is -0.398 e. The van der Waals surface area contributed by atoms with Gasteiger partial charge in [0.1, 0.15) is 10.7 Å². The number of nitrogen functional groups attached to an aromatic ring is 1. The van der Waals surface area contributed by atoms with Crippen molar-refractivity contribution >= 4 is 31.6 Å². The predicted molar refractivity (Wildman–Crippen MR) is 81.8 cm³/mol. The van der Waals surface area contributed by atoms with Gasteiger partial charge in [-0.25, -0.2) is 17.5 Å². The molecule has 2 unspecified atom stereocenters. The topological polar surface area (TPSA) is 81.4 Å². The van der Waals surface area contributed by atoms with Crippen molar-refractivity contribution in [2.24, 2.45) is 5.92 Å². The van der Waals surface area contributed by atoms with Gasteiger partial charge in [0.05, 0.1) is 6.10 Å². The van der Waals surface area contributed by atoms with Crippen LogP contribution >= 0.6 is 15.9 Å². The Labute approximate surface area is 132 Å². The summed E-state index contributed by atoms with van der Waals surface area (Å²) in [6.45, 7) is 2.85. The largest absolute Gasteiger partial charge is 0.398 e. The van der Waals surface area contributed by atoms with Gasteiger partial charge < -0.3 is 10.5 Å². The molecule has 3 N–H and O–H groups in total. The van der Waals surface area contributed by atoms with Crippen LogP contribution in [-0.4, -0.2) is 27.7 Å². The third-order valence-electron chi connectivity index (χ3n) is 3.62. The van der Waals surface area contributed by atoms with E-state index in [2.05, 4.69) is 20.7 Å². The molecule has 2 rings (SSSR count). The summed E-state index contributed by atoms with van der Waals surface area (Å²) in [4.78, 5) is -0.435. The van der Waals surface area contributed by atoms with Crippen LogP contribution in [0, 0.1) is 11.7 Å². The Hall–Kier alpha value is -0.700. The van der Waals surface area contributed by atoms with Gasteiger partial charge in [0.15, 0.2) is 0 Å². The lowest BCUT2D eigenvalue weighted by molar-refractivity contribution is 0.0884. The summed E-state index contributed by atoms with van der Waals surface area (Å²) in [6, 6.07) is 2.17. The fourth-order valence-corrected chi connectivity index (χ4v) is 3.92. The molecule has 21 heavy (non-hydrogen) atoms. The molecule has 8 heteroatoms. The van der Waals surface area contributed by atoms with E-state index in [4.69, 9.17) is 10.5 Å². The summed E-state index contributed by atoms with van der Waals surface area (Å²) in [5, 5.41) is 0. The Kier molecular flexibility index (Phi) is 5.24. The van der Waals surface area contributed by atoms with Gasteiger partial charge in [0.25, 0.3) is 0 Å². The smallest absolute Gasteiger partial charge is 0.243 e. The highest BCUT2D eigenvalue weighted by molar-refractivity contribution is 9.10. The standard InChI is InChI=1S/C13H18BrFN2O3S/c1-2-12-8(3-4-20-12)7-17-21(18,19)13-6-11(16)9(14)5-10(13)15/h5-6,8,12,17H,2-4,7,16H2,1H3. The number of nitrogens with one attached hydrogen (secondary N) is 1. The highest BCUT2D eigenvalue weighted by atomic mass is 79.9. The van der Waals surface area contributed by atoms with Crippen molar-refractivity contribution in [3.05, 3.63) is 22.4 Å². The molecule has 1 saturated heterocycles. The van der Waals surface area contributed by atoms with Crippen LogP contribution in [0.25, 0.3) is 0 Å². The summed E-state index contributed by atoms with van der Waals surface area (Å²) in [5.41, 5.74) is 5.80. The zero-order valence-corrected chi connectivity index (χ0v) is 14.0.